The number of amides is 1. The number of benzene rings is 2. The molecule has 63 heavy (non-hydrogen) atoms. The highest BCUT2D eigenvalue weighted by molar-refractivity contribution is 9.10. The lowest BCUT2D eigenvalue weighted by molar-refractivity contribution is -0.193. The monoisotopic (exact) mass is 910 g/mol. The molecule has 0 saturated heterocycles. The predicted molar refractivity (Wildman–Crippen MR) is 250 cm³/mol. The molecule has 0 radical (unpaired) electrons. The number of halogens is 1. The fraction of sp³-hybridized carbons (Fsp3) is 0.0851. The number of rotatable bonds is 8. The smallest absolute Gasteiger partial charge is 0.373 e. The quantitative estimate of drug-likeness (QED) is 0.109. The zero-order valence-electron chi connectivity index (χ0n) is 34.6. The molecule has 5 aromatic heterocycles. The van der Waals surface area contributed by atoms with Gasteiger partial charge in [-0.05, 0) is 117 Å². The molecule has 0 unspecified atom stereocenters. The SMILES string of the molecule is C=Cc1ccc(N)nc1.CN(Cc1cc2ccccc2n1C)C(=O)/C=C/c1ccc(N)nc1.Nc1ccc(/C=C/Cc2ccccc2)cn1.Nc1ccc(Br)cn1.O=C=O.O=C=O. The Balaban J connectivity index is 0.000000300. The Morgan fingerprint density at radius 1 is 0.683 bits per heavy atom. The van der Waals surface area contributed by atoms with E-state index in [4.69, 9.17) is 42.1 Å². The number of nitrogens with two attached hydrogens (primary N) is 4. The first-order valence-electron chi connectivity index (χ1n) is 18.6. The highest BCUT2D eigenvalue weighted by atomic mass is 79.9. The van der Waals surface area contributed by atoms with Crippen molar-refractivity contribution < 1.29 is 24.0 Å². The van der Waals surface area contributed by atoms with Crippen LogP contribution in [0, 0.1) is 0 Å². The number of hydrogen-bond donors (Lipinski definition) is 4. The summed E-state index contributed by atoms with van der Waals surface area (Å²) in [6.45, 7) is 4.13. The van der Waals surface area contributed by atoms with E-state index in [0.717, 1.165) is 38.8 Å². The number of likely N-dealkylation sites (N-methyl/N-ethyl adjacent to an activating group) is 1. The summed E-state index contributed by atoms with van der Waals surface area (Å²) in [5.74, 6) is 2.05. The zero-order valence-corrected chi connectivity index (χ0v) is 36.2. The third kappa shape index (κ3) is 20.5. The fourth-order valence-electron chi connectivity index (χ4n) is 5.01. The second-order valence-corrected chi connectivity index (χ2v) is 13.6. The largest absolute Gasteiger partial charge is 0.384 e. The van der Waals surface area contributed by atoms with Crippen molar-refractivity contribution >= 4 is 86.5 Å². The second kappa shape index (κ2) is 29.0. The molecule has 16 heteroatoms. The molecule has 0 aliphatic rings. The van der Waals surface area contributed by atoms with E-state index < -0.39 is 0 Å². The van der Waals surface area contributed by atoms with Crippen molar-refractivity contribution in [3.8, 4) is 0 Å². The van der Waals surface area contributed by atoms with Crippen LogP contribution in [0.2, 0.25) is 0 Å². The minimum Gasteiger partial charge on any atom is -0.384 e. The maximum Gasteiger partial charge on any atom is 0.373 e. The van der Waals surface area contributed by atoms with Crippen molar-refractivity contribution in [3.05, 3.63) is 185 Å². The molecular formula is C47H47BrN10O5. The lowest BCUT2D eigenvalue weighted by Crippen LogP contribution is -2.25. The van der Waals surface area contributed by atoms with Gasteiger partial charge in [0.1, 0.15) is 23.3 Å². The first-order chi connectivity index (χ1) is 30.3. The molecule has 0 spiro atoms. The normalized spacial score (nSPS) is 9.70. The highest BCUT2D eigenvalue weighted by Crippen LogP contribution is 2.19. The summed E-state index contributed by atoms with van der Waals surface area (Å²) in [7, 11) is 3.82. The van der Waals surface area contributed by atoms with E-state index >= 15 is 0 Å². The van der Waals surface area contributed by atoms with Crippen LogP contribution in [-0.4, -0.2) is 54.7 Å². The van der Waals surface area contributed by atoms with Gasteiger partial charge in [-0.3, -0.25) is 4.79 Å². The summed E-state index contributed by atoms with van der Waals surface area (Å²) in [6, 6.07) is 35.2. The van der Waals surface area contributed by atoms with Gasteiger partial charge >= 0.3 is 12.3 Å². The van der Waals surface area contributed by atoms with Crippen LogP contribution in [0.15, 0.2) is 157 Å². The minimum atomic E-state index is -0.0583. The number of fused-ring (bicyclic) bond motifs is 1. The molecule has 8 N–H and O–H groups in total. The average Bonchev–Trinajstić information content (AvgIpc) is 3.61. The molecule has 0 bridgehead atoms. The highest BCUT2D eigenvalue weighted by Gasteiger charge is 2.10. The Kier molecular flexibility index (Phi) is 23.4. The molecule has 1 amide bonds. The van der Waals surface area contributed by atoms with Crippen molar-refractivity contribution in [2.24, 2.45) is 7.05 Å². The maximum atomic E-state index is 12.3. The number of nitrogen functional groups attached to an aromatic ring is 4. The number of pyridine rings is 4. The second-order valence-electron chi connectivity index (χ2n) is 12.7. The third-order valence-corrected chi connectivity index (χ3v) is 8.63. The van der Waals surface area contributed by atoms with Gasteiger partial charge in [-0.2, -0.15) is 19.2 Å². The van der Waals surface area contributed by atoms with E-state index in [-0.39, 0.29) is 18.2 Å². The number of allylic oxidation sites excluding steroid dienone is 1. The molecular weight excluding hydrogens is 864 g/mol. The summed E-state index contributed by atoms with van der Waals surface area (Å²) in [6.07, 6.45) is 17.4. The molecule has 0 fully saturated rings. The van der Waals surface area contributed by atoms with Gasteiger partial charge in [-0.15, -0.1) is 0 Å². The van der Waals surface area contributed by atoms with Gasteiger partial charge in [0.15, 0.2) is 0 Å². The Morgan fingerprint density at radius 3 is 1.62 bits per heavy atom. The molecule has 7 rings (SSSR count). The molecule has 2 aromatic carbocycles. The van der Waals surface area contributed by atoms with Crippen molar-refractivity contribution in [1.29, 1.82) is 0 Å². The lowest BCUT2D eigenvalue weighted by Gasteiger charge is -2.15. The minimum absolute atomic E-state index is 0.0583. The molecule has 7 aromatic rings. The van der Waals surface area contributed by atoms with Gasteiger partial charge in [0.25, 0.3) is 0 Å². The molecule has 0 saturated carbocycles. The Labute approximate surface area is 373 Å². The number of nitrogens with zero attached hydrogens (tertiary/aromatic N) is 6. The molecule has 0 aliphatic heterocycles. The van der Waals surface area contributed by atoms with Crippen molar-refractivity contribution in [2.45, 2.75) is 13.0 Å². The van der Waals surface area contributed by atoms with E-state index in [9.17, 15) is 4.79 Å². The molecule has 5 heterocycles. The van der Waals surface area contributed by atoms with Gasteiger partial charge in [0.05, 0.1) is 6.54 Å². The van der Waals surface area contributed by atoms with Gasteiger partial charge in [0.2, 0.25) is 5.91 Å². The Bertz CT molecular complexity index is 2520. The molecule has 0 atom stereocenters. The fourth-order valence-corrected chi connectivity index (χ4v) is 5.25. The first-order valence-corrected chi connectivity index (χ1v) is 19.4. The Morgan fingerprint density at radius 2 is 1.16 bits per heavy atom. The molecule has 322 valence electrons. The number of para-hydroxylation sites is 1. The van der Waals surface area contributed by atoms with Gasteiger partial charge < -0.3 is 32.4 Å². The summed E-state index contributed by atoms with van der Waals surface area (Å²) in [4.78, 5) is 62.2. The molecule has 0 aliphatic carbocycles. The van der Waals surface area contributed by atoms with Crippen LogP contribution < -0.4 is 22.9 Å². The van der Waals surface area contributed by atoms with Crippen LogP contribution in [0.4, 0.5) is 23.3 Å². The number of aryl methyl sites for hydroxylation is 1. The summed E-state index contributed by atoms with van der Waals surface area (Å²) < 4.78 is 3.07. The number of carbonyl (C=O) groups is 1. The number of carbonyl (C=O) groups excluding carboxylic acids is 5. The average molecular weight is 912 g/mol. The van der Waals surface area contributed by atoms with E-state index in [0.29, 0.717) is 29.8 Å². The van der Waals surface area contributed by atoms with Gasteiger partial charge in [-0.1, -0.05) is 73.3 Å². The summed E-state index contributed by atoms with van der Waals surface area (Å²) in [5, 5.41) is 1.18. The van der Waals surface area contributed by atoms with E-state index in [1.54, 1.807) is 73.2 Å². The van der Waals surface area contributed by atoms with Crippen molar-refractivity contribution in [1.82, 2.24) is 29.4 Å². The Hall–Kier alpha value is -8.29. The van der Waals surface area contributed by atoms with Crippen LogP contribution in [0.5, 0.6) is 0 Å². The van der Waals surface area contributed by atoms with Crippen molar-refractivity contribution in [3.63, 3.8) is 0 Å². The number of hydrogen-bond acceptors (Lipinski definition) is 13. The van der Waals surface area contributed by atoms with Gasteiger partial charge in [0, 0.05) is 60.6 Å². The first kappa shape index (κ1) is 50.9. The van der Waals surface area contributed by atoms with Crippen molar-refractivity contribution in [2.75, 3.05) is 30.0 Å². The van der Waals surface area contributed by atoms with Crippen LogP contribution in [0.3, 0.4) is 0 Å². The third-order valence-electron chi connectivity index (χ3n) is 8.17. The van der Waals surface area contributed by atoms with Crippen LogP contribution >= 0.6 is 15.9 Å². The predicted octanol–water partition coefficient (Wildman–Crippen LogP) is 7.31. The maximum absolute atomic E-state index is 12.3. The van der Waals surface area contributed by atoms with E-state index in [1.807, 2.05) is 67.7 Å². The standard InChI is InChI=1S/C19H20N4O.C14H14N2.C7H8N2.C5H5BrN2.2CO2/c1-22(19(24)10-8-14-7-9-18(20)21-12-14)13-16-11-15-5-3-4-6-17(15)23(16)2;15-14-10-9-13(11-16-14)8-4-7-12-5-2-1-3-6-12;1-2-6-3-4-7(8)9-5-6;6-4-1-2-5(7)8-3-4;2*2-1-3/h3-12H,13H2,1-2H3,(H2,20,21);1-6,8-11H,7H2,(H2,15,16);2-5H,1H2,(H2,8,9);1-3H,(H2,7,8);;/b10-8+;8-4+;;;;. The number of anilines is 4. The summed E-state index contributed by atoms with van der Waals surface area (Å²) in [5.41, 5.74) is 28.2. The lowest BCUT2D eigenvalue weighted by atomic mass is 10.1. The van der Waals surface area contributed by atoms with Crippen LogP contribution in [0.1, 0.15) is 27.9 Å². The molecule has 15 nitrogen and oxygen atoms in total. The van der Waals surface area contributed by atoms with Crippen LogP contribution in [0.25, 0.3) is 29.1 Å². The van der Waals surface area contributed by atoms with E-state index in [1.165, 1.54) is 10.9 Å². The van der Waals surface area contributed by atoms with Gasteiger partial charge in [-0.25, -0.2) is 19.9 Å². The zero-order chi connectivity index (χ0) is 46.4. The summed E-state index contributed by atoms with van der Waals surface area (Å²) >= 11 is 3.23. The van der Waals surface area contributed by atoms with E-state index in [2.05, 4.69) is 89.5 Å². The van der Waals surface area contributed by atoms with Crippen LogP contribution in [-0.2, 0) is 44.0 Å². The number of aromatic nitrogens is 5. The topological polar surface area (TPSA) is 249 Å².